The highest BCUT2D eigenvalue weighted by atomic mass is 16.5. The van der Waals surface area contributed by atoms with Crippen LogP contribution in [0.15, 0.2) is 12.1 Å². The Labute approximate surface area is 214 Å². The molecule has 0 radical (unpaired) electrons. The zero-order valence-electron chi connectivity index (χ0n) is 22.0. The first-order chi connectivity index (χ1) is 17.4. The van der Waals surface area contributed by atoms with Crippen molar-refractivity contribution in [2.75, 3.05) is 27.9 Å². The summed E-state index contributed by atoms with van der Waals surface area (Å²) in [6, 6.07) is 2.34. The summed E-state index contributed by atoms with van der Waals surface area (Å²) in [5.74, 6) is 0.229. The highest BCUT2D eigenvalue weighted by Gasteiger charge is 2.40. The second-order valence-electron chi connectivity index (χ2n) is 9.75. The summed E-state index contributed by atoms with van der Waals surface area (Å²) in [4.78, 5) is 41.0. The Morgan fingerprint density at radius 2 is 1.58 bits per heavy atom. The average molecular weight is 504 g/mol. The van der Waals surface area contributed by atoms with Gasteiger partial charge >= 0.3 is 0 Å². The summed E-state index contributed by atoms with van der Waals surface area (Å²) >= 11 is 0. The molecular formula is C27H41N3O6. The molecule has 3 N–H and O–H groups in total. The third-order valence-corrected chi connectivity index (χ3v) is 7.59. The third kappa shape index (κ3) is 6.05. The van der Waals surface area contributed by atoms with Gasteiger partial charge in [-0.25, -0.2) is 0 Å². The van der Waals surface area contributed by atoms with Gasteiger partial charge in [0.05, 0.1) is 27.2 Å². The number of ether oxygens (including phenoxy) is 3. The summed E-state index contributed by atoms with van der Waals surface area (Å²) < 4.78 is 16.7. The number of likely N-dealkylation sites (tertiary alicyclic amines) is 1. The Hall–Kier alpha value is -2.97. The Balaban J connectivity index is 1.99. The minimum atomic E-state index is -0.749. The van der Waals surface area contributed by atoms with Crippen LogP contribution in [-0.4, -0.2) is 62.6 Å². The van der Waals surface area contributed by atoms with Crippen molar-refractivity contribution in [3.8, 4) is 17.2 Å². The number of piperidine rings is 1. The fraction of sp³-hybridized carbons (Fsp3) is 0.667. The van der Waals surface area contributed by atoms with Crippen molar-refractivity contribution >= 4 is 17.7 Å². The van der Waals surface area contributed by atoms with Crippen molar-refractivity contribution in [1.29, 1.82) is 0 Å². The number of primary amides is 1. The highest BCUT2D eigenvalue weighted by molar-refractivity contribution is 5.93. The Morgan fingerprint density at radius 3 is 2.11 bits per heavy atom. The monoisotopic (exact) mass is 503 g/mol. The van der Waals surface area contributed by atoms with E-state index >= 15 is 0 Å². The zero-order chi connectivity index (χ0) is 26.2. The van der Waals surface area contributed by atoms with E-state index < -0.39 is 23.9 Å². The van der Waals surface area contributed by atoms with Crippen molar-refractivity contribution in [2.45, 2.75) is 82.7 Å². The average Bonchev–Trinajstić information content (AvgIpc) is 2.91. The molecule has 1 aliphatic heterocycles. The van der Waals surface area contributed by atoms with Gasteiger partial charge in [-0.15, -0.1) is 0 Å². The van der Waals surface area contributed by atoms with Crippen molar-refractivity contribution in [1.82, 2.24) is 10.2 Å². The van der Waals surface area contributed by atoms with E-state index in [1.165, 1.54) is 0 Å². The van der Waals surface area contributed by atoms with Gasteiger partial charge in [-0.1, -0.05) is 26.2 Å². The first kappa shape index (κ1) is 27.6. The summed E-state index contributed by atoms with van der Waals surface area (Å²) in [5, 5.41) is 2.77. The van der Waals surface area contributed by atoms with E-state index in [1.807, 2.05) is 12.1 Å². The number of methoxy groups -OCH3 is 3. The van der Waals surface area contributed by atoms with Gasteiger partial charge in [-0.3, -0.25) is 14.4 Å². The molecule has 1 aliphatic carbocycles. The molecule has 36 heavy (non-hydrogen) atoms. The summed E-state index contributed by atoms with van der Waals surface area (Å²) in [7, 11) is 4.68. The lowest BCUT2D eigenvalue weighted by Crippen LogP contribution is -2.56. The maximum absolute atomic E-state index is 14.3. The highest BCUT2D eigenvalue weighted by Crippen LogP contribution is 2.45. The van der Waals surface area contributed by atoms with E-state index in [2.05, 4.69) is 5.32 Å². The standard InChI is InChI=1S/C27H41N3O6/c1-5-19(25(28)31)29-26(32)20-13-9-10-14-30(20)27(33)23(17-11-7-6-8-12-17)18-15-21(34-2)24(36-4)22(16-18)35-3/h15-17,19-20,23H,5-14H2,1-4H3,(H2,28,31)(H,29,32). The Morgan fingerprint density at radius 1 is 0.972 bits per heavy atom. The molecule has 0 aromatic heterocycles. The summed E-state index contributed by atoms with van der Waals surface area (Å²) in [6.45, 7) is 2.29. The third-order valence-electron chi connectivity index (χ3n) is 7.59. The molecule has 3 unspecified atom stereocenters. The van der Waals surface area contributed by atoms with E-state index in [-0.39, 0.29) is 17.7 Å². The molecule has 3 amide bonds. The van der Waals surface area contributed by atoms with E-state index in [1.54, 1.807) is 33.2 Å². The molecule has 3 rings (SSSR count). The van der Waals surface area contributed by atoms with Crippen LogP contribution in [0, 0.1) is 5.92 Å². The number of carbonyl (C=O) groups is 3. The van der Waals surface area contributed by atoms with Gasteiger partial charge in [0.1, 0.15) is 12.1 Å². The van der Waals surface area contributed by atoms with Crippen LogP contribution >= 0.6 is 0 Å². The molecule has 1 aromatic rings. The van der Waals surface area contributed by atoms with Crippen LogP contribution in [0.3, 0.4) is 0 Å². The van der Waals surface area contributed by atoms with Gasteiger partial charge in [0.2, 0.25) is 23.5 Å². The van der Waals surface area contributed by atoms with Gasteiger partial charge in [0.25, 0.3) is 0 Å². The fourth-order valence-corrected chi connectivity index (χ4v) is 5.65. The number of hydrogen-bond donors (Lipinski definition) is 2. The SMILES string of the molecule is CCC(NC(=O)C1CCCCN1C(=O)C(c1cc(OC)c(OC)c(OC)c1)C1CCCCC1)C(N)=O. The normalized spacial score (nSPS) is 20.2. The molecule has 1 saturated carbocycles. The van der Waals surface area contributed by atoms with Crippen LogP contribution < -0.4 is 25.3 Å². The zero-order valence-corrected chi connectivity index (χ0v) is 22.0. The minimum Gasteiger partial charge on any atom is -0.493 e. The van der Waals surface area contributed by atoms with Gasteiger partial charge in [0.15, 0.2) is 11.5 Å². The number of carbonyl (C=O) groups excluding carboxylic acids is 3. The number of rotatable bonds is 10. The molecule has 1 heterocycles. The molecule has 200 valence electrons. The van der Waals surface area contributed by atoms with Crippen molar-refractivity contribution < 1.29 is 28.6 Å². The molecule has 0 spiro atoms. The van der Waals surface area contributed by atoms with Crippen molar-refractivity contribution in [2.24, 2.45) is 11.7 Å². The molecule has 2 fully saturated rings. The predicted molar refractivity (Wildman–Crippen MR) is 136 cm³/mol. The van der Waals surface area contributed by atoms with Crippen molar-refractivity contribution in [3.05, 3.63) is 17.7 Å². The number of amides is 3. The second-order valence-corrected chi connectivity index (χ2v) is 9.75. The van der Waals surface area contributed by atoms with Crippen LogP contribution in [-0.2, 0) is 14.4 Å². The Bertz CT molecular complexity index is 905. The van der Waals surface area contributed by atoms with Crippen LogP contribution in [0.1, 0.15) is 76.2 Å². The van der Waals surface area contributed by atoms with E-state index in [4.69, 9.17) is 19.9 Å². The number of nitrogens with zero attached hydrogens (tertiary/aromatic N) is 1. The van der Waals surface area contributed by atoms with Gasteiger partial charge in [-0.2, -0.15) is 0 Å². The second kappa shape index (κ2) is 12.8. The molecule has 3 atom stereocenters. The van der Waals surface area contributed by atoms with Gasteiger partial charge in [0, 0.05) is 6.54 Å². The molecule has 9 heteroatoms. The number of hydrogen-bond acceptors (Lipinski definition) is 6. The minimum absolute atomic E-state index is 0.0665. The molecule has 0 bridgehead atoms. The number of benzene rings is 1. The van der Waals surface area contributed by atoms with E-state index in [0.29, 0.717) is 36.6 Å². The smallest absolute Gasteiger partial charge is 0.243 e. The van der Waals surface area contributed by atoms with Gasteiger partial charge < -0.3 is 30.2 Å². The summed E-state index contributed by atoms with van der Waals surface area (Å²) in [6.07, 6.45) is 7.81. The topological polar surface area (TPSA) is 120 Å². The van der Waals surface area contributed by atoms with E-state index in [9.17, 15) is 14.4 Å². The maximum atomic E-state index is 14.3. The van der Waals surface area contributed by atoms with Gasteiger partial charge in [-0.05, 0) is 62.1 Å². The van der Waals surface area contributed by atoms with Crippen LogP contribution in [0.4, 0.5) is 0 Å². The van der Waals surface area contributed by atoms with Crippen LogP contribution in [0.2, 0.25) is 0 Å². The first-order valence-electron chi connectivity index (χ1n) is 13.1. The lowest BCUT2D eigenvalue weighted by molar-refractivity contribution is -0.145. The largest absolute Gasteiger partial charge is 0.493 e. The lowest BCUT2D eigenvalue weighted by Gasteiger charge is -2.40. The quantitative estimate of drug-likeness (QED) is 0.506. The number of nitrogens with two attached hydrogens (primary N) is 1. The molecular weight excluding hydrogens is 462 g/mol. The predicted octanol–water partition coefficient (Wildman–Crippen LogP) is 3.14. The fourth-order valence-electron chi connectivity index (χ4n) is 5.65. The summed E-state index contributed by atoms with van der Waals surface area (Å²) in [5.41, 5.74) is 6.25. The van der Waals surface area contributed by atoms with Crippen LogP contribution in [0.25, 0.3) is 0 Å². The maximum Gasteiger partial charge on any atom is 0.243 e. The number of nitrogens with one attached hydrogen (secondary N) is 1. The van der Waals surface area contributed by atoms with E-state index in [0.717, 1.165) is 50.5 Å². The van der Waals surface area contributed by atoms with Crippen molar-refractivity contribution in [3.63, 3.8) is 0 Å². The first-order valence-corrected chi connectivity index (χ1v) is 13.1. The Kier molecular flexibility index (Phi) is 9.84. The molecule has 1 aromatic carbocycles. The lowest BCUT2D eigenvalue weighted by atomic mass is 9.75. The van der Waals surface area contributed by atoms with Crippen LogP contribution in [0.5, 0.6) is 17.2 Å². The molecule has 2 aliphatic rings. The molecule has 1 saturated heterocycles. The molecule has 9 nitrogen and oxygen atoms in total.